The Kier molecular flexibility index (Phi) is 4.27. The molecular formula is C19H22S. The molecule has 3 rings (SSSR count). The molecule has 0 spiro atoms. The van der Waals surface area contributed by atoms with Gasteiger partial charge in [0.15, 0.2) is 0 Å². The molecule has 1 heteroatoms. The third-order valence-electron chi connectivity index (χ3n) is 4.11. The standard InChI is InChI=1S/C19H22S/c1-16-10-8-9-15-19(16)20(17-11-4-2-5-12-17)18-13-6-3-7-14-18/h2-9,11-14,16,19-20H,10,15H2,1H3. The third kappa shape index (κ3) is 2.83. The van der Waals surface area contributed by atoms with Crippen molar-refractivity contribution in [3.63, 3.8) is 0 Å². The summed E-state index contributed by atoms with van der Waals surface area (Å²) in [4.78, 5) is 3.03. The Morgan fingerprint density at radius 3 is 1.75 bits per heavy atom. The summed E-state index contributed by atoms with van der Waals surface area (Å²) in [6.45, 7) is 2.41. The molecule has 20 heavy (non-hydrogen) atoms. The number of allylic oxidation sites excluding steroid dienone is 2. The molecule has 1 aliphatic carbocycles. The lowest BCUT2D eigenvalue weighted by Gasteiger charge is -2.37. The summed E-state index contributed by atoms with van der Waals surface area (Å²) in [5.74, 6) is 0.770. The van der Waals surface area contributed by atoms with E-state index < -0.39 is 0 Å². The molecule has 0 nitrogen and oxygen atoms in total. The molecule has 0 saturated carbocycles. The minimum Gasteiger partial charge on any atom is -0.197 e. The van der Waals surface area contributed by atoms with E-state index in [1.165, 1.54) is 22.6 Å². The van der Waals surface area contributed by atoms with Crippen molar-refractivity contribution in [2.24, 2.45) is 5.92 Å². The molecule has 0 amide bonds. The predicted octanol–water partition coefficient (Wildman–Crippen LogP) is 5.46. The summed E-state index contributed by atoms with van der Waals surface area (Å²) in [6, 6.07) is 22.2. The van der Waals surface area contributed by atoms with Crippen molar-refractivity contribution in [1.29, 1.82) is 0 Å². The lowest BCUT2D eigenvalue weighted by atomic mass is 9.96. The SMILES string of the molecule is CC1CC=CCC1[SH](c1ccccc1)c1ccccc1. The van der Waals surface area contributed by atoms with E-state index in [1.807, 2.05) is 0 Å². The highest BCUT2D eigenvalue weighted by molar-refractivity contribution is 8.17. The summed E-state index contributed by atoms with van der Waals surface area (Å²) in [5.41, 5.74) is 0. The molecule has 2 unspecified atom stereocenters. The Labute approximate surface area is 124 Å². The van der Waals surface area contributed by atoms with Crippen LogP contribution < -0.4 is 0 Å². The normalized spacial score (nSPS) is 22.6. The first-order valence-corrected chi connectivity index (χ1v) is 8.81. The lowest BCUT2D eigenvalue weighted by Crippen LogP contribution is -2.20. The maximum absolute atomic E-state index is 2.41. The van der Waals surface area contributed by atoms with Crippen LogP contribution in [0.2, 0.25) is 0 Å². The summed E-state index contributed by atoms with van der Waals surface area (Å²) in [6.07, 6.45) is 7.18. The van der Waals surface area contributed by atoms with Crippen molar-refractivity contribution in [1.82, 2.24) is 0 Å². The molecule has 0 N–H and O–H groups in total. The Balaban J connectivity index is 2.02. The summed E-state index contributed by atoms with van der Waals surface area (Å²) in [7, 11) is -0.260. The Morgan fingerprint density at radius 1 is 0.750 bits per heavy atom. The maximum atomic E-state index is 2.41. The average Bonchev–Trinajstić information content (AvgIpc) is 2.52. The Hall–Kier alpha value is -1.47. The fourth-order valence-electron chi connectivity index (χ4n) is 3.01. The first kappa shape index (κ1) is 13.5. The van der Waals surface area contributed by atoms with Gasteiger partial charge in [-0.1, -0.05) is 55.5 Å². The minimum atomic E-state index is -0.260. The van der Waals surface area contributed by atoms with Gasteiger partial charge in [0.2, 0.25) is 0 Å². The van der Waals surface area contributed by atoms with Crippen LogP contribution in [0.25, 0.3) is 0 Å². The van der Waals surface area contributed by atoms with Crippen LogP contribution in [0.5, 0.6) is 0 Å². The van der Waals surface area contributed by atoms with Gasteiger partial charge in [-0.2, -0.15) is 10.9 Å². The second kappa shape index (κ2) is 6.32. The van der Waals surface area contributed by atoms with E-state index in [2.05, 4.69) is 79.7 Å². The molecule has 1 aliphatic rings. The highest BCUT2D eigenvalue weighted by Crippen LogP contribution is 2.53. The zero-order chi connectivity index (χ0) is 13.8. The molecule has 0 aliphatic heterocycles. The molecule has 2 aromatic rings. The van der Waals surface area contributed by atoms with Crippen LogP contribution in [0.1, 0.15) is 19.8 Å². The van der Waals surface area contributed by atoms with Crippen LogP contribution in [0.15, 0.2) is 82.6 Å². The van der Waals surface area contributed by atoms with Crippen molar-refractivity contribution in [3.8, 4) is 0 Å². The summed E-state index contributed by atoms with van der Waals surface area (Å²) >= 11 is 0. The quantitative estimate of drug-likeness (QED) is 0.561. The molecule has 2 aromatic carbocycles. The van der Waals surface area contributed by atoms with E-state index in [9.17, 15) is 0 Å². The molecule has 0 aromatic heterocycles. The van der Waals surface area contributed by atoms with Gasteiger partial charge < -0.3 is 0 Å². The van der Waals surface area contributed by atoms with Crippen LogP contribution in [0.3, 0.4) is 0 Å². The number of hydrogen-bond acceptors (Lipinski definition) is 0. The van der Waals surface area contributed by atoms with Gasteiger partial charge in [-0.3, -0.25) is 0 Å². The third-order valence-corrected chi connectivity index (χ3v) is 7.20. The second-order valence-corrected chi connectivity index (χ2v) is 7.96. The smallest absolute Gasteiger partial charge is 0.000363 e. The average molecular weight is 282 g/mol. The van der Waals surface area contributed by atoms with Gasteiger partial charge in [0.05, 0.1) is 0 Å². The van der Waals surface area contributed by atoms with E-state index in [0.717, 1.165) is 11.2 Å². The van der Waals surface area contributed by atoms with Crippen LogP contribution in [0, 0.1) is 5.92 Å². The van der Waals surface area contributed by atoms with Gasteiger partial charge in [-0.05, 0) is 52.8 Å². The number of thiol groups is 1. The first-order valence-electron chi connectivity index (χ1n) is 7.40. The van der Waals surface area contributed by atoms with Crippen molar-refractivity contribution in [2.75, 3.05) is 0 Å². The van der Waals surface area contributed by atoms with Gasteiger partial charge in [-0.15, -0.1) is 0 Å². The van der Waals surface area contributed by atoms with Gasteiger partial charge in [-0.25, -0.2) is 0 Å². The molecule has 0 heterocycles. The van der Waals surface area contributed by atoms with Gasteiger partial charge >= 0.3 is 0 Å². The summed E-state index contributed by atoms with van der Waals surface area (Å²) in [5, 5.41) is 0.764. The van der Waals surface area contributed by atoms with Crippen LogP contribution in [-0.4, -0.2) is 5.25 Å². The van der Waals surface area contributed by atoms with Crippen LogP contribution in [-0.2, 0) is 0 Å². The van der Waals surface area contributed by atoms with Crippen molar-refractivity contribution in [2.45, 2.75) is 34.8 Å². The van der Waals surface area contributed by atoms with Crippen molar-refractivity contribution in [3.05, 3.63) is 72.8 Å². The fraction of sp³-hybridized carbons (Fsp3) is 0.263. The number of hydrogen-bond donors (Lipinski definition) is 1. The van der Waals surface area contributed by atoms with Gasteiger partial charge in [0.25, 0.3) is 0 Å². The summed E-state index contributed by atoms with van der Waals surface area (Å²) < 4.78 is 0. The predicted molar refractivity (Wildman–Crippen MR) is 89.7 cm³/mol. The second-order valence-electron chi connectivity index (χ2n) is 5.53. The highest BCUT2D eigenvalue weighted by atomic mass is 32.2. The molecule has 0 bridgehead atoms. The van der Waals surface area contributed by atoms with Crippen molar-refractivity contribution < 1.29 is 0 Å². The Morgan fingerprint density at radius 2 is 1.25 bits per heavy atom. The lowest BCUT2D eigenvalue weighted by molar-refractivity contribution is 0.539. The Bertz CT molecular complexity index is 519. The van der Waals surface area contributed by atoms with E-state index in [0.29, 0.717) is 0 Å². The van der Waals surface area contributed by atoms with Crippen molar-refractivity contribution >= 4 is 10.9 Å². The monoisotopic (exact) mass is 282 g/mol. The first-order chi connectivity index (χ1) is 9.86. The highest BCUT2D eigenvalue weighted by Gasteiger charge is 2.26. The zero-order valence-corrected chi connectivity index (χ0v) is 12.8. The molecule has 0 saturated heterocycles. The number of benzene rings is 2. The van der Waals surface area contributed by atoms with E-state index in [1.54, 1.807) is 0 Å². The van der Waals surface area contributed by atoms with Gasteiger partial charge in [0, 0.05) is 5.25 Å². The molecule has 0 fully saturated rings. The minimum absolute atomic E-state index is 0.260. The van der Waals surface area contributed by atoms with E-state index >= 15 is 0 Å². The van der Waals surface area contributed by atoms with Crippen LogP contribution in [0.4, 0.5) is 0 Å². The largest absolute Gasteiger partial charge is 0.197 e. The van der Waals surface area contributed by atoms with E-state index in [-0.39, 0.29) is 10.9 Å². The van der Waals surface area contributed by atoms with Crippen LogP contribution >= 0.6 is 10.9 Å². The topological polar surface area (TPSA) is 0 Å². The maximum Gasteiger partial charge on any atom is 0.000363 e. The van der Waals surface area contributed by atoms with E-state index in [4.69, 9.17) is 0 Å². The fourth-order valence-corrected chi connectivity index (χ4v) is 6.02. The molecule has 104 valence electrons. The van der Waals surface area contributed by atoms with Gasteiger partial charge in [0.1, 0.15) is 0 Å². The zero-order valence-electron chi connectivity index (χ0n) is 11.9. The number of rotatable bonds is 3. The molecule has 0 radical (unpaired) electrons. The molecular weight excluding hydrogens is 260 g/mol. The molecule has 2 atom stereocenters.